The third kappa shape index (κ3) is 5.56. The second kappa shape index (κ2) is 11.2. The van der Waals surface area contributed by atoms with Crippen LogP contribution in [0.5, 0.6) is 11.5 Å². The van der Waals surface area contributed by atoms with Crippen molar-refractivity contribution in [1.29, 1.82) is 0 Å². The Bertz CT molecular complexity index is 1390. The SMILES string of the molecule is COc1cc(/C=C2\SC(=S)N(c3ccccc3C)C2=O)ccc1OCC(=O)Nc1cccc(Cl)c1C. The number of halogens is 1. The van der Waals surface area contributed by atoms with Gasteiger partial charge in [0.05, 0.1) is 17.7 Å². The van der Waals surface area contributed by atoms with Crippen LogP contribution in [0.4, 0.5) is 11.4 Å². The number of carbonyl (C=O) groups excluding carboxylic acids is 2. The van der Waals surface area contributed by atoms with Crippen LogP contribution in [0.25, 0.3) is 6.08 Å². The van der Waals surface area contributed by atoms with E-state index in [1.165, 1.54) is 18.9 Å². The van der Waals surface area contributed by atoms with E-state index in [1.54, 1.807) is 47.4 Å². The number of hydrogen-bond acceptors (Lipinski definition) is 6. The number of methoxy groups -OCH3 is 1. The summed E-state index contributed by atoms with van der Waals surface area (Å²) in [5.41, 5.74) is 3.89. The molecular formula is C27H23ClN2O4S2. The van der Waals surface area contributed by atoms with Gasteiger partial charge in [-0.1, -0.05) is 65.9 Å². The molecule has 0 atom stereocenters. The number of para-hydroxylation sites is 1. The van der Waals surface area contributed by atoms with Crippen molar-refractivity contribution in [3.8, 4) is 11.5 Å². The molecule has 0 aromatic heterocycles. The second-order valence-corrected chi connectivity index (χ2v) is 10.0. The minimum atomic E-state index is -0.327. The molecule has 4 rings (SSSR count). The van der Waals surface area contributed by atoms with Gasteiger partial charge in [-0.3, -0.25) is 14.5 Å². The summed E-state index contributed by atoms with van der Waals surface area (Å²) < 4.78 is 11.6. The van der Waals surface area contributed by atoms with Crippen LogP contribution in [0.3, 0.4) is 0 Å². The van der Waals surface area contributed by atoms with E-state index in [0.29, 0.717) is 31.4 Å². The van der Waals surface area contributed by atoms with E-state index in [9.17, 15) is 9.59 Å². The number of amides is 2. The van der Waals surface area contributed by atoms with Crippen LogP contribution in [-0.2, 0) is 9.59 Å². The molecule has 1 fully saturated rings. The first kappa shape index (κ1) is 25.8. The third-order valence-electron chi connectivity index (χ3n) is 5.54. The molecule has 3 aromatic rings. The highest BCUT2D eigenvalue weighted by molar-refractivity contribution is 8.27. The summed E-state index contributed by atoms with van der Waals surface area (Å²) in [5, 5.41) is 3.36. The third-order valence-corrected chi connectivity index (χ3v) is 7.25. The Labute approximate surface area is 224 Å². The monoisotopic (exact) mass is 538 g/mol. The summed E-state index contributed by atoms with van der Waals surface area (Å²) in [6.45, 7) is 3.56. The maximum atomic E-state index is 13.1. The molecule has 1 aliphatic rings. The van der Waals surface area contributed by atoms with Gasteiger partial charge in [0.2, 0.25) is 0 Å². The lowest BCUT2D eigenvalue weighted by atomic mass is 10.1. The molecule has 0 unspecified atom stereocenters. The number of rotatable bonds is 7. The van der Waals surface area contributed by atoms with Gasteiger partial charge in [0.25, 0.3) is 11.8 Å². The van der Waals surface area contributed by atoms with E-state index in [1.807, 2.05) is 38.1 Å². The van der Waals surface area contributed by atoms with Crippen LogP contribution in [0.15, 0.2) is 65.6 Å². The lowest BCUT2D eigenvalue weighted by Gasteiger charge is -2.16. The Morgan fingerprint density at radius 3 is 2.64 bits per heavy atom. The zero-order valence-corrected chi connectivity index (χ0v) is 22.2. The van der Waals surface area contributed by atoms with Gasteiger partial charge in [0.1, 0.15) is 0 Å². The van der Waals surface area contributed by atoms with Crippen molar-refractivity contribution in [3.63, 3.8) is 0 Å². The van der Waals surface area contributed by atoms with Crippen molar-refractivity contribution < 1.29 is 19.1 Å². The summed E-state index contributed by atoms with van der Waals surface area (Å²) in [7, 11) is 1.51. The van der Waals surface area contributed by atoms with E-state index < -0.39 is 0 Å². The topological polar surface area (TPSA) is 67.9 Å². The van der Waals surface area contributed by atoms with Gasteiger partial charge in [0.15, 0.2) is 22.4 Å². The largest absolute Gasteiger partial charge is 0.493 e. The van der Waals surface area contributed by atoms with Gasteiger partial charge in [-0.05, 0) is 66.9 Å². The number of nitrogens with zero attached hydrogens (tertiary/aromatic N) is 1. The predicted molar refractivity (Wildman–Crippen MR) is 150 cm³/mol. The Kier molecular flexibility index (Phi) is 7.98. The minimum absolute atomic E-state index is 0.174. The predicted octanol–water partition coefficient (Wildman–Crippen LogP) is 6.39. The van der Waals surface area contributed by atoms with E-state index in [4.69, 9.17) is 33.3 Å². The van der Waals surface area contributed by atoms with Gasteiger partial charge >= 0.3 is 0 Å². The van der Waals surface area contributed by atoms with Crippen LogP contribution in [0.1, 0.15) is 16.7 Å². The van der Waals surface area contributed by atoms with Crippen LogP contribution >= 0.6 is 35.6 Å². The zero-order chi connectivity index (χ0) is 25.8. The molecule has 1 heterocycles. The van der Waals surface area contributed by atoms with Crippen molar-refractivity contribution >= 4 is 69.2 Å². The van der Waals surface area contributed by atoms with Crippen molar-refractivity contribution in [3.05, 3.63) is 87.3 Å². The molecule has 1 N–H and O–H groups in total. The number of ether oxygens (including phenoxy) is 2. The molecule has 2 amide bonds. The van der Waals surface area contributed by atoms with Crippen molar-refractivity contribution in [1.82, 2.24) is 0 Å². The number of anilines is 2. The van der Waals surface area contributed by atoms with Gasteiger partial charge in [-0.15, -0.1) is 0 Å². The molecule has 0 saturated carbocycles. The highest BCUT2D eigenvalue weighted by atomic mass is 35.5. The number of thiocarbonyl (C=S) groups is 1. The molecule has 6 nitrogen and oxygen atoms in total. The second-order valence-electron chi connectivity index (χ2n) is 7.96. The first-order chi connectivity index (χ1) is 17.3. The number of thioether (sulfide) groups is 1. The minimum Gasteiger partial charge on any atom is -0.493 e. The lowest BCUT2D eigenvalue weighted by Crippen LogP contribution is -2.28. The molecule has 3 aromatic carbocycles. The quantitative estimate of drug-likeness (QED) is 0.278. The summed E-state index contributed by atoms with van der Waals surface area (Å²) in [6, 6.07) is 18.2. The molecule has 0 radical (unpaired) electrons. The van der Waals surface area contributed by atoms with Crippen LogP contribution < -0.4 is 19.7 Å². The van der Waals surface area contributed by atoms with Gasteiger partial charge < -0.3 is 14.8 Å². The highest BCUT2D eigenvalue weighted by Crippen LogP contribution is 2.38. The van der Waals surface area contributed by atoms with Gasteiger partial charge in [-0.25, -0.2) is 0 Å². The summed E-state index contributed by atoms with van der Waals surface area (Å²) in [6.07, 6.45) is 1.76. The fourth-order valence-corrected chi connectivity index (χ4v) is 5.07. The molecule has 0 bridgehead atoms. The first-order valence-corrected chi connectivity index (χ1v) is 12.6. The molecule has 0 aliphatic carbocycles. The van der Waals surface area contributed by atoms with E-state index in [0.717, 1.165) is 22.4 Å². The van der Waals surface area contributed by atoms with E-state index >= 15 is 0 Å². The normalized spacial score (nSPS) is 14.3. The average Bonchev–Trinajstić information content (AvgIpc) is 3.13. The molecule has 1 aliphatic heterocycles. The summed E-state index contributed by atoms with van der Waals surface area (Å²) in [5.74, 6) is 0.336. The number of hydrogen-bond donors (Lipinski definition) is 1. The number of aryl methyl sites for hydroxylation is 1. The number of carbonyl (C=O) groups is 2. The Hall–Kier alpha value is -3.33. The molecule has 1 saturated heterocycles. The fraction of sp³-hybridized carbons (Fsp3) is 0.148. The van der Waals surface area contributed by atoms with Crippen LogP contribution in [-0.4, -0.2) is 29.9 Å². The molecule has 36 heavy (non-hydrogen) atoms. The van der Waals surface area contributed by atoms with Crippen LogP contribution in [0, 0.1) is 13.8 Å². The number of benzene rings is 3. The Morgan fingerprint density at radius 1 is 1.11 bits per heavy atom. The molecule has 0 spiro atoms. The Morgan fingerprint density at radius 2 is 1.89 bits per heavy atom. The molecular weight excluding hydrogens is 516 g/mol. The maximum Gasteiger partial charge on any atom is 0.270 e. The maximum absolute atomic E-state index is 13.1. The van der Waals surface area contributed by atoms with Crippen molar-refractivity contribution in [2.75, 3.05) is 23.9 Å². The Balaban J connectivity index is 1.47. The van der Waals surface area contributed by atoms with Gasteiger partial charge in [0, 0.05) is 10.7 Å². The smallest absolute Gasteiger partial charge is 0.270 e. The van der Waals surface area contributed by atoms with Crippen LogP contribution in [0.2, 0.25) is 5.02 Å². The van der Waals surface area contributed by atoms with Crippen molar-refractivity contribution in [2.45, 2.75) is 13.8 Å². The fourth-order valence-electron chi connectivity index (χ4n) is 3.61. The van der Waals surface area contributed by atoms with Gasteiger partial charge in [-0.2, -0.15) is 0 Å². The molecule has 184 valence electrons. The molecule has 9 heteroatoms. The van der Waals surface area contributed by atoms with E-state index in [2.05, 4.69) is 5.32 Å². The lowest BCUT2D eigenvalue weighted by molar-refractivity contribution is -0.118. The highest BCUT2D eigenvalue weighted by Gasteiger charge is 2.34. The number of nitrogens with one attached hydrogen (secondary N) is 1. The first-order valence-electron chi connectivity index (χ1n) is 11.0. The zero-order valence-electron chi connectivity index (χ0n) is 19.8. The average molecular weight is 539 g/mol. The standard InChI is InChI=1S/C27H23ClN2O4S2/c1-16-7-4-5-10-21(16)30-26(32)24(36-27(30)35)14-18-11-12-22(23(13-18)33-3)34-15-25(31)29-20-9-6-8-19(28)17(20)2/h4-14H,15H2,1-3H3,(H,29,31)/b24-14-. The summed E-state index contributed by atoms with van der Waals surface area (Å²) in [4.78, 5) is 27.6. The summed E-state index contributed by atoms with van der Waals surface area (Å²) >= 11 is 12.8. The van der Waals surface area contributed by atoms with Crippen molar-refractivity contribution in [2.24, 2.45) is 0 Å². The van der Waals surface area contributed by atoms with E-state index in [-0.39, 0.29) is 18.4 Å².